The van der Waals surface area contributed by atoms with Crippen LogP contribution in [0.15, 0.2) is 54.7 Å². The standard InChI is InChI=1S/C29H30F3N3O4/c1-4-38-27(37)28(2,3)39-22-13-5-18(6-14-22)15-16-33-26(36)23-17-34-25(35-24(23)19-7-8-19)20-9-11-21(12-10-20)29(30,31)32/h5-6,9-14,17,19H,4,7-8,15-16H2,1-3H3,(H,33,36). The number of esters is 1. The van der Waals surface area contributed by atoms with Crippen molar-refractivity contribution >= 4 is 11.9 Å². The summed E-state index contributed by atoms with van der Waals surface area (Å²) in [5, 5.41) is 2.90. The molecule has 1 aromatic heterocycles. The van der Waals surface area contributed by atoms with Gasteiger partial charge in [-0.3, -0.25) is 4.79 Å². The molecule has 7 nitrogen and oxygen atoms in total. The highest BCUT2D eigenvalue weighted by Crippen LogP contribution is 2.41. The molecule has 1 amide bonds. The summed E-state index contributed by atoms with van der Waals surface area (Å²) in [4.78, 5) is 33.8. The molecule has 1 N–H and O–H groups in total. The fourth-order valence-corrected chi connectivity index (χ4v) is 3.97. The van der Waals surface area contributed by atoms with Crippen LogP contribution in [0.5, 0.6) is 5.75 Å². The quantitative estimate of drug-likeness (QED) is 0.330. The number of carbonyl (C=O) groups excluding carboxylic acids is 2. The minimum absolute atomic E-state index is 0.133. The van der Waals surface area contributed by atoms with Crippen LogP contribution in [-0.2, 0) is 22.1 Å². The van der Waals surface area contributed by atoms with Crippen LogP contribution in [-0.4, -0.2) is 40.6 Å². The van der Waals surface area contributed by atoms with E-state index in [0.717, 1.165) is 30.5 Å². The van der Waals surface area contributed by atoms with Crippen molar-refractivity contribution in [3.8, 4) is 17.1 Å². The predicted octanol–water partition coefficient (Wildman–Crippen LogP) is 5.73. The summed E-state index contributed by atoms with van der Waals surface area (Å²) < 4.78 is 49.5. The second-order valence-corrected chi connectivity index (χ2v) is 9.82. The van der Waals surface area contributed by atoms with E-state index in [1.807, 2.05) is 12.1 Å². The van der Waals surface area contributed by atoms with Crippen LogP contribution >= 0.6 is 0 Å². The summed E-state index contributed by atoms with van der Waals surface area (Å²) >= 11 is 0. The van der Waals surface area contributed by atoms with Gasteiger partial charge in [0.2, 0.25) is 0 Å². The number of ether oxygens (including phenoxy) is 2. The Balaban J connectivity index is 1.36. The molecule has 0 saturated heterocycles. The summed E-state index contributed by atoms with van der Waals surface area (Å²) in [6, 6.07) is 11.9. The van der Waals surface area contributed by atoms with Gasteiger partial charge in [0.1, 0.15) is 5.75 Å². The smallest absolute Gasteiger partial charge is 0.416 e. The monoisotopic (exact) mass is 541 g/mol. The Bertz CT molecular complexity index is 1320. The highest BCUT2D eigenvalue weighted by Gasteiger charge is 2.33. The van der Waals surface area contributed by atoms with Gasteiger partial charge in [-0.25, -0.2) is 14.8 Å². The van der Waals surface area contributed by atoms with Gasteiger partial charge in [0.05, 0.1) is 23.4 Å². The number of halogens is 3. The molecule has 39 heavy (non-hydrogen) atoms. The van der Waals surface area contributed by atoms with Crippen LogP contribution in [0, 0.1) is 0 Å². The number of amides is 1. The van der Waals surface area contributed by atoms with Crippen molar-refractivity contribution in [2.45, 2.75) is 57.7 Å². The minimum Gasteiger partial charge on any atom is -0.476 e. The van der Waals surface area contributed by atoms with E-state index in [4.69, 9.17) is 9.47 Å². The Hall–Kier alpha value is -3.95. The van der Waals surface area contributed by atoms with Crippen LogP contribution in [0.4, 0.5) is 13.2 Å². The molecule has 1 aliphatic rings. The summed E-state index contributed by atoms with van der Waals surface area (Å²) in [6.45, 7) is 5.67. The van der Waals surface area contributed by atoms with Crippen molar-refractivity contribution in [1.82, 2.24) is 15.3 Å². The molecule has 1 saturated carbocycles. The van der Waals surface area contributed by atoms with E-state index in [2.05, 4.69) is 15.3 Å². The molecule has 0 unspecified atom stereocenters. The number of alkyl halides is 3. The molecule has 1 fully saturated rings. The Morgan fingerprint density at radius 1 is 1.03 bits per heavy atom. The molecule has 2 aromatic carbocycles. The average Bonchev–Trinajstić information content (AvgIpc) is 3.74. The number of benzene rings is 2. The van der Waals surface area contributed by atoms with Crippen LogP contribution in [0.1, 0.15) is 66.7 Å². The highest BCUT2D eigenvalue weighted by atomic mass is 19.4. The second kappa shape index (κ2) is 11.4. The fraction of sp³-hybridized carbons (Fsp3) is 0.379. The van der Waals surface area contributed by atoms with E-state index in [1.165, 1.54) is 18.3 Å². The minimum atomic E-state index is -4.42. The van der Waals surface area contributed by atoms with E-state index in [9.17, 15) is 22.8 Å². The average molecular weight is 542 g/mol. The zero-order valence-electron chi connectivity index (χ0n) is 22.0. The first kappa shape index (κ1) is 28.1. The third-order valence-corrected chi connectivity index (χ3v) is 6.26. The van der Waals surface area contributed by atoms with E-state index < -0.39 is 23.3 Å². The van der Waals surface area contributed by atoms with E-state index in [0.29, 0.717) is 35.5 Å². The van der Waals surface area contributed by atoms with Gasteiger partial charge in [0.25, 0.3) is 5.91 Å². The molecule has 1 aliphatic carbocycles. The van der Waals surface area contributed by atoms with Gasteiger partial charge in [-0.2, -0.15) is 13.2 Å². The van der Waals surface area contributed by atoms with Gasteiger partial charge in [0, 0.05) is 24.2 Å². The number of aromatic nitrogens is 2. The third kappa shape index (κ3) is 7.13. The molecule has 10 heteroatoms. The maximum atomic E-state index is 12.9. The maximum absolute atomic E-state index is 12.9. The molecule has 0 aliphatic heterocycles. The van der Waals surface area contributed by atoms with Gasteiger partial charge < -0.3 is 14.8 Å². The first-order chi connectivity index (χ1) is 18.5. The van der Waals surface area contributed by atoms with E-state index in [1.54, 1.807) is 32.9 Å². The first-order valence-electron chi connectivity index (χ1n) is 12.8. The zero-order valence-corrected chi connectivity index (χ0v) is 22.0. The highest BCUT2D eigenvalue weighted by molar-refractivity contribution is 5.95. The fourth-order valence-electron chi connectivity index (χ4n) is 3.97. The Morgan fingerprint density at radius 3 is 2.28 bits per heavy atom. The molecular weight excluding hydrogens is 511 g/mol. The number of carbonyl (C=O) groups is 2. The molecular formula is C29H30F3N3O4. The van der Waals surface area contributed by atoms with Crippen molar-refractivity contribution < 1.29 is 32.2 Å². The van der Waals surface area contributed by atoms with Gasteiger partial charge in [-0.05, 0) is 69.9 Å². The number of rotatable bonds is 10. The van der Waals surface area contributed by atoms with Crippen molar-refractivity contribution in [2.75, 3.05) is 13.2 Å². The van der Waals surface area contributed by atoms with E-state index in [-0.39, 0.29) is 24.3 Å². The Morgan fingerprint density at radius 2 is 1.69 bits per heavy atom. The lowest BCUT2D eigenvalue weighted by molar-refractivity contribution is -0.158. The van der Waals surface area contributed by atoms with Crippen LogP contribution in [0.2, 0.25) is 0 Å². The lowest BCUT2D eigenvalue weighted by Crippen LogP contribution is -2.39. The second-order valence-electron chi connectivity index (χ2n) is 9.82. The molecule has 0 atom stereocenters. The lowest BCUT2D eigenvalue weighted by atomic mass is 10.1. The summed E-state index contributed by atoms with van der Waals surface area (Å²) in [5.41, 5.74) is 0.547. The summed E-state index contributed by atoms with van der Waals surface area (Å²) in [5.74, 6) is 0.204. The van der Waals surface area contributed by atoms with Crippen LogP contribution in [0.3, 0.4) is 0 Å². The van der Waals surface area contributed by atoms with E-state index >= 15 is 0 Å². The molecule has 0 radical (unpaired) electrons. The predicted molar refractivity (Wildman–Crippen MR) is 138 cm³/mol. The van der Waals surface area contributed by atoms with Gasteiger partial charge in [0.15, 0.2) is 11.4 Å². The SMILES string of the molecule is CCOC(=O)C(C)(C)Oc1ccc(CCNC(=O)c2cnc(-c3ccc(C(F)(F)F)cc3)nc2C2CC2)cc1. The van der Waals surface area contributed by atoms with Crippen molar-refractivity contribution in [1.29, 1.82) is 0 Å². The van der Waals surface area contributed by atoms with Gasteiger partial charge >= 0.3 is 12.1 Å². The van der Waals surface area contributed by atoms with Gasteiger partial charge in [-0.1, -0.05) is 24.3 Å². The first-order valence-corrected chi connectivity index (χ1v) is 12.8. The number of nitrogens with zero attached hydrogens (tertiary/aromatic N) is 2. The molecule has 3 aromatic rings. The lowest BCUT2D eigenvalue weighted by Gasteiger charge is -2.24. The summed E-state index contributed by atoms with van der Waals surface area (Å²) in [6.07, 6.45) is -0.620. The number of hydrogen-bond donors (Lipinski definition) is 1. The zero-order chi connectivity index (χ0) is 28.2. The number of hydrogen-bond acceptors (Lipinski definition) is 6. The van der Waals surface area contributed by atoms with Crippen molar-refractivity contribution in [3.63, 3.8) is 0 Å². The van der Waals surface area contributed by atoms with Crippen molar-refractivity contribution in [3.05, 3.63) is 77.1 Å². The maximum Gasteiger partial charge on any atom is 0.416 e. The molecule has 4 rings (SSSR count). The van der Waals surface area contributed by atoms with Crippen molar-refractivity contribution in [2.24, 2.45) is 0 Å². The molecule has 0 bridgehead atoms. The largest absolute Gasteiger partial charge is 0.476 e. The topological polar surface area (TPSA) is 90.4 Å². The third-order valence-electron chi connectivity index (χ3n) is 6.26. The summed E-state index contributed by atoms with van der Waals surface area (Å²) in [7, 11) is 0. The Labute approximate surface area is 224 Å². The number of nitrogens with one attached hydrogen (secondary N) is 1. The van der Waals surface area contributed by atoms with Crippen LogP contribution in [0.25, 0.3) is 11.4 Å². The Kier molecular flexibility index (Phi) is 8.22. The van der Waals surface area contributed by atoms with Gasteiger partial charge in [-0.15, -0.1) is 0 Å². The molecule has 206 valence electrons. The molecule has 1 heterocycles. The van der Waals surface area contributed by atoms with Crippen LogP contribution < -0.4 is 10.1 Å². The molecule has 0 spiro atoms. The normalized spacial score (nSPS) is 13.6.